The van der Waals surface area contributed by atoms with E-state index in [1.807, 2.05) is 12.1 Å². The van der Waals surface area contributed by atoms with Crippen molar-refractivity contribution in [2.24, 2.45) is 0 Å². The molecule has 0 aliphatic carbocycles. The number of carbonyl (C=O) groups is 1. The van der Waals surface area contributed by atoms with Crippen LogP contribution in [0.3, 0.4) is 0 Å². The summed E-state index contributed by atoms with van der Waals surface area (Å²) in [5.41, 5.74) is 1.45. The molecule has 0 unspecified atom stereocenters. The van der Waals surface area contributed by atoms with E-state index < -0.39 is 0 Å². The van der Waals surface area contributed by atoms with E-state index in [0.29, 0.717) is 11.3 Å². The Hall–Kier alpha value is -0.720. The van der Waals surface area contributed by atoms with Crippen molar-refractivity contribution in [1.29, 1.82) is 0 Å². The van der Waals surface area contributed by atoms with Crippen molar-refractivity contribution in [3.63, 3.8) is 0 Å². The number of benzene rings is 1. The van der Waals surface area contributed by atoms with E-state index in [1.165, 1.54) is 26.4 Å². The van der Waals surface area contributed by atoms with Crippen LogP contribution in [-0.4, -0.2) is 37.6 Å². The number of hydrogen-bond acceptors (Lipinski definition) is 5. The lowest BCUT2D eigenvalue weighted by Gasteiger charge is -2.25. The first-order valence-electron chi connectivity index (χ1n) is 6.99. The average molecular weight is 374 g/mol. The minimum absolute atomic E-state index is 0.359. The molecule has 1 fully saturated rings. The Morgan fingerprint density at radius 1 is 1.29 bits per heavy atom. The Morgan fingerprint density at radius 3 is 2.62 bits per heavy atom. The normalized spacial score (nSPS) is 15.8. The summed E-state index contributed by atoms with van der Waals surface area (Å²) in [6, 6.07) is 3.87. The molecule has 1 saturated heterocycles. The molecule has 6 heteroatoms. The maximum atomic E-state index is 12.1. The third kappa shape index (κ3) is 4.14. The van der Waals surface area contributed by atoms with Gasteiger partial charge in [-0.25, -0.2) is 4.79 Å². The van der Waals surface area contributed by atoms with Gasteiger partial charge in [0.05, 0.1) is 18.7 Å². The number of methoxy groups -OCH3 is 2. The third-order valence-corrected chi connectivity index (χ3v) is 5.30. The molecule has 0 spiro atoms. The van der Waals surface area contributed by atoms with Gasteiger partial charge in [0.1, 0.15) is 11.3 Å². The SMILES string of the molecule is COC(=O)c1c(CSN2CCCCC2)ccc(Br)c1OC. The maximum absolute atomic E-state index is 12.1. The zero-order valence-electron chi connectivity index (χ0n) is 12.4. The minimum Gasteiger partial charge on any atom is -0.495 e. The lowest BCUT2D eigenvalue weighted by molar-refractivity contribution is 0.0596. The number of ether oxygens (including phenoxy) is 2. The highest BCUT2D eigenvalue weighted by Crippen LogP contribution is 2.34. The summed E-state index contributed by atoms with van der Waals surface area (Å²) in [5.74, 6) is 0.926. The quantitative estimate of drug-likeness (QED) is 0.578. The van der Waals surface area contributed by atoms with Crippen molar-refractivity contribution in [2.75, 3.05) is 27.3 Å². The Labute approximate surface area is 138 Å². The highest BCUT2D eigenvalue weighted by Gasteiger charge is 2.21. The molecule has 2 rings (SSSR count). The molecule has 0 aromatic heterocycles. The molecule has 1 aromatic rings. The van der Waals surface area contributed by atoms with Crippen molar-refractivity contribution < 1.29 is 14.3 Å². The van der Waals surface area contributed by atoms with Gasteiger partial charge < -0.3 is 9.47 Å². The molecule has 116 valence electrons. The molecule has 1 aromatic carbocycles. The van der Waals surface area contributed by atoms with E-state index in [1.54, 1.807) is 19.1 Å². The molecular formula is C15H20BrNO3S. The van der Waals surface area contributed by atoms with Gasteiger partial charge in [-0.15, -0.1) is 0 Å². The fourth-order valence-corrected chi connectivity index (χ4v) is 3.97. The van der Waals surface area contributed by atoms with Gasteiger partial charge in [0.2, 0.25) is 0 Å². The van der Waals surface area contributed by atoms with Gasteiger partial charge in [-0.3, -0.25) is 4.31 Å². The van der Waals surface area contributed by atoms with Crippen LogP contribution < -0.4 is 4.74 Å². The Kier molecular flexibility index (Phi) is 6.39. The molecule has 21 heavy (non-hydrogen) atoms. The lowest BCUT2D eigenvalue weighted by atomic mass is 10.1. The Morgan fingerprint density at radius 2 is 2.00 bits per heavy atom. The summed E-state index contributed by atoms with van der Waals surface area (Å²) in [4.78, 5) is 12.1. The summed E-state index contributed by atoms with van der Waals surface area (Å²) < 4.78 is 13.4. The van der Waals surface area contributed by atoms with Gasteiger partial charge in [-0.05, 0) is 40.4 Å². The lowest BCUT2D eigenvalue weighted by Crippen LogP contribution is -2.23. The third-order valence-electron chi connectivity index (χ3n) is 3.51. The van der Waals surface area contributed by atoms with Crippen LogP contribution in [0.2, 0.25) is 0 Å². The van der Waals surface area contributed by atoms with Crippen LogP contribution in [0.4, 0.5) is 0 Å². The van der Waals surface area contributed by atoms with Gasteiger partial charge in [-0.2, -0.15) is 0 Å². The summed E-state index contributed by atoms with van der Waals surface area (Å²) >= 11 is 5.19. The van der Waals surface area contributed by atoms with Crippen molar-refractivity contribution in [3.05, 3.63) is 27.7 Å². The first-order chi connectivity index (χ1) is 10.2. The standard InChI is InChI=1S/C15H20BrNO3S/c1-19-14-12(16)7-6-11(13(14)15(18)20-2)10-21-17-8-4-3-5-9-17/h6-7H,3-5,8-10H2,1-2H3. The van der Waals surface area contributed by atoms with Crippen molar-refractivity contribution in [3.8, 4) is 5.75 Å². The average Bonchev–Trinajstić information content (AvgIpc) is 2.53. The first-order valence-corrected chi connectivity index (χ1v) is 8.72. The van der Waals surface area contributed by atoms with E-state index in [9.17, 15) is 4.79 Å². The minimum atomic E-state index is -0.359. The van der Waals surface area contributed by atoms with Crippen molar-refractivity contribution >= 4 is 33.8 Å². The molecule has 0 saturated carbocycles. The highest BCUT2D eigenvalue weighted by molar-refractivity contribution is 9.10. The number of carbonyl (C=O) groups excluding carboxylic acids is 1. The Balaban J connectivity index is 2.19. The number of hydrogen-bond donors (Lipinski definition) is 0. The molecule has 0 radical (unpaired) electrons. The zero-order valence-corrected chi connectivity index (χ0v) is 14.8. The van der Waals surface area contributed by atoms with E-state index >= 15 is 0 Å². The first kappa shape index (κ1) is 16.6. The van der Waals surface area contributed by atoms with Crippen molar-refractivity contribution in [2.45, 2.75) is 25.0 Å². The molecule has 0 atom stereocenters. The van der Waals surface area contributed by atoms with Gasteiger partial charge in [0, 0.05) is 18.8 Å². The van der Waals surface area contributed by atoms with Gasteiger partial charge in [0.25, 0.3) is 0 Å². The van der Waals surface area contributed by atoms with Crippen LogP contribution >= 0.6 is 27.9 Å². The smallest absolute Gasteiger partial charge is 0.342 e. The molecule has 0 N–H and O–H groups in total. The van der Waals surface area contributed by atoms with E-state index in [4.69, 9.17) is 9.47 Å². The topological polar surface area (TPSA) is 38.8 Å². The van der Waals surface area contributed by atoms with E-state index in [0.717, 1.165) is 28.9 Å². The van der Waals surface area contributed by atoms with Gasteiger partial charge in [-0.1, -0.05) is 24.4 Å². The van der Waals surface area contributed by atoms with Crippen LogP contribution in [-0.2, 0) is 10.5 Å². The number of nitrogens with zero attached hydrogens (tertiary/aromatic N) is 1. The fraction of sp³-hybridized carbons (Fsp3) is 0.533. The fourth-order valence-electron chi connectivity index (χ4n) is 2.40. The molecular weight excluding hydrogens is 354 g/mol. The molecule has 1 aliphatic rings. The van der Waals surface area contributed by atoms with E-state index in [-0.39, 0.29) is 5.97 Å². The molecule has 1 heterocycles. The summed E-state index contributed by atoms with van der Waals surface area (Å²) in [5, 5.41) is 0. The molecule has 0 amide bonds. The number of halogens is 1. The number of rotatable bonds is 5. The van der Waals surface area contributed by atoms with Gasteiger partial charge in [0.15, 0.2) is 0 Å². The summed E-state index contributed by atoms with van der Waals surface area (Å²) in [7, 11) is 2.96. The highest BCUT2D eigenvalue weighted by atomic mass is 79.9. The van der Waals surface area contributed by atoms with Crippen LogP contribution in [0.1, 0.15) is 35.2 Å². The molecule has 1 aliphatic heterocycles. The van der Waals surface area contributed by atoms with Crippen LogP contribution in [0, 0.1) is 0 Å². The maximum Gasteiger partial charge on any atom is 0.342 e. The predicted molar refractivity (Wildman–Crippen MR) is 88.8 cm³/mol. The second kappa shape index (κ2) is 8.06. The second-order valence-electron chi connectivity index (χ2n) is 4.87. The number of esters is 1. The number of piperidine rings is 1. The van der Waals surface area contributed by atoms with Crippen molar-refractivity contribution in [1.82, 2.24) is 4.31 Å². The second-order valence-corrected chi connectivity index (χ2v) is 6.79. The van der Waals surface area contributed by atoms with Gasteiger partial charge >= 0.3 is 5.97 Å². The van der Waals surface area contributed by atoms with E-state index in [2.05, 4.69) is 20.2 Å². The summed E-state index contributed by atoms with van der Waals surface area (Å²) in [6.45, 7) is 2.23. The van der Waals surface area contributed by atoms with Crippen LogP contribution in [0.5, 0.6) is 5.75 Å². The predicted octanol–water partition coefficient (Wildman–Crippen LogP) is 3.88. The zero-order chi connectivity index (χ0) is 15.2. The Bertz CT molecular complexity index is 504. The molecule has 4 nitrogen and oxygen atoms in total. The monoisotopic (exact) mass is 373 g/mol. The molecule has 0 bridgehead atoms. The largest absolute Gasteiger partial charge is 0.495 e. The van der Waals surface area contributed by atoms with Crippen LogP contribution in [0.25, 0.3) is 0 Å². The summed E-state index contributed by atoms with van der Waals surface area (Å²) in [6.07, 6.45) is 3.82. The van der Waals surface area contributed by atoms with Crippen LogP contribution in [0.15, 0.2) is 16.6 Å².